The van der Waals surface area contributed by atoms with Gasteiger partial charge in [-0.2, -0.15) is 0 Å². The summed E-state index contributed by atoms with van der Waals surface area (Å²) in [6, 6.07) is 3.28. The van der Waals surface area contributed by atoms with E-state index in [1.54, 1.807) is 6.07 Å². The molecule has 0 aromatic carbocycles. The van der Waals surface area contributed by atoms with E-state index in [-0.39, 0.29) is 31.1 Å². The van der Waals surface area contributed by atoms with Crippen molar-refractivity contribution in [3.63, 3.8) is 0 Å². The molecule has 4 heterocycles. The molecule has 0 aliphatic carbocycles. The highest BCUT2D eigenvalue weighted by molar-refractivity contribution is 5.08. The highest BCUT2D eigenvalue weighted by atomic mass is 16.7. The first-order valence-corrected chi connectivity index (χ1v) is 8.87. The first-order chi connectivity index (χ1) is 11.8. The zero-order valence-corrected chi connectivity index (χ0v) is 13.8. The van der Waals surface area contributed by atoms with E-state index in [9.17, 15) is 5.11 Å². The number of hydrogen-bond acceptors (Lipinski definition) is 7. The minimum absolute atomic E-state index is 0.107. The third kappa shape index (κ3) is 3.12. The van der Waals surface area contributed by atoms with Crippen LogP contribution in [0.15, 0.2) is 16.5 Å². The van der Waals surface area contributed by atoms with Crippen LogP contribution >= 0.6 is 0 Å². The minimum Gasteiger partial charge on any atom is -0.462 e. The second-order valence-electron chi connectivity index (χ2n) is 6.89. The molecule has 0 radical (unpaired) electrons. The Bertz CT molecular complexity index is 545. The number of rotatable bonds is 5. The van der Waals surface area contributed by atoms with Gasteiger partial charge in [-0.25, -0.2) is 0 Å². The van der Waals surface area contributed by atoms with Crippen molar-refractivity contribution >= 4 is 0 Å². The number of aliphatic hydroxyl groups excluding tert-OH is 2. The van der Waals surface area contributed by atoms with Gasteiger partial charge in [0.05, 0.1) is 31.3 Å². The van der Waals surface area contributed by atoms with Gasteiger partial charge in [0.2, 0.25) is 0 Å². The highest BCUT2D eigenvalue weighted by Crippen LogP contribution is 2.32. The molecule has 0 amide bonds. The maximum Gasteiger partial charge on any atom is 0.176 e. The summed E-state index contributed by atoms with van der Waals surface area (Å²) in [5.74, 6) is 1.28. The average molecular weight is 338 g/mol. The number of piperidine rings is 1. The molecule has 3 aliphatic heterocycles. The van der Waals surface area contributed by atoms with Crippen LogP contribution in [0.4, 0.5) is 0 Å². The SMILES string of the molecule is OCc1ccc(CN[C@H]2[C@H](O)[C@@H](N3CCCCC3)[C@@H]3OC[C@H]2O3)o1. The molecule has 1 aromatic heterocycles. The van der Waals surface area contributed by atoms with Gasteiger partial charge in [-0.1, -0.05) is 6.42 Å². The number of furan rings is 1. The normalized spacial score (nSPS) is 37.0. The van der Waals surface area contributed by atoms with Crippen molar-refractivity contribution in [2.75, 3.05) is 19.7 Å². The van der Waals surface area contributed by atoms with Gasteiger partial charge in [-0.05, 0) is 38.1 Å². The standard InChI is InChI=1S/C17H26N2O5/c20-9-12-5-4-11(23-12)8-18-14-13-10-22-17(24-13)15(16(14)21)19-6-2-1-3-7-19/h4-5,13-18,20-21H,1-3,6-10H2/t13-,14-,15-,16+,17-/m1/s1. The van der Waals surface area contributed by atoms with E-state index < -0.39 is 6.10 Å². The van der Waals surface area contributed by atoms with Crippen molar-refractivity contribution in [3.05, 3.63) is 23.7 Å². The molecule has 1 aromatic rings. The van der Waals surface area contributed by atoms with Crippen LogP contribution in [0.1, 0.15) is 30.8 Å². The first kappa shape index (κ1) is 16.5. The average Bonchev–Trinajstić information content (AvgIpc) is 3.24. The van der Waals surface area contributed by atoms with E-state index in [2.05, 4.69) is 10.2 Å². The van der Waals surface area contributed by atoms with Crippen molar-refractivity contribution in [2.24, 2.45) is 0 Å². The van der Waals surface area contributed by atoms with Crippen LogP contribution in [0.25, 0.3) is 0 Å². The van der Waals surface area contributed by atoms with E-state index in [0.717, 1.165) is 31.7 Å². The summed E-state index contributed by atoms with van der Waals surface area (Å²) in [7, 11) is 0. The van der Waals surface area contributed by atoms with E-state index >= 15 is 0 Å². The van der Waals surface area contributed by atoms with Crippen LogP contribution in [-0.2, 0) is 22.6 Å². The number of ether oxygens (including phenoxy) is 2. The molecule has 3 aliphatic rings. The maximum absolute atomic E-state index is 11.0. The first-order valence-electron chi connectivity index (χ1n) is 8.87. The summed E-state index contributed by atoms with van der Waals surface area (Å²) in [6.45, 7) is 2.86. The number of aliphatic hydroxyl groups is 2. The van der Waals surface area contributed by atoms with E-state index in [0.29, 0.717) is 18.9 Å². The van der Waals surface area contributed by atoms with Crippen LogP contribution in [0.3, 0.4) is 0 Å². The molecule has 3 N–H and O–H groups in total. The Morgan fingerprint density at radius 3 is 2.71 bits per heavy atom. The molecule has 0 unspecified atom stereocenters. The zero-order chi connectivity index (χ0) is 16.5. The number of fused-ring (bicyclic) bond motifs is 2. The fraction of sp³-hybridized carbons (Fsp3) is 0.765. The summed E-state index contributed by atoms with van der Waals surface area (Å²) >= 11 is 0. The van der Waals surface area contributed by atoms with Gasteiger partial charge in [0.1, 0.15) is 24.2 Å². The smallest absolute Gasteiger partial charge is 0.176 e. The Hall–Kier alpha value is -0.960. The van der Waals surface area contributed by atoms with Gasteiger partial charge in [0.15, 0.2) is 6.29 Å². The molecular weight excluding hydrogens is 312 g/mol. The minimum atomic E-state index is -0.540. The maximum atomic E-state index is 11.0. The molecule has 3 fully saturated rings. The second-order valence-corrected chi connectivity index (χ2v) is 6.89. The second kappa shape index (κ2) is 7.11. The van der Waals surface area contributed by atoms with Gasteiger partial charge in [-0.15, -0.1) is 0 Å². The monoisotopic (exact) mass is 338 g/mol. The largest absolute Gasteiger partial charge is 0.462 e. The molecule has 24 heavy (non-hydrogen) atoms. The molecule has 7 heteroatoms. The van der Waals surface area contributed by atoms with Crippen molar-refractivity contribution in [1.82, 2.24) is 10.2 Å². The number of likely N-dealkylation sites (tertiary alicyclic amines) is 1. The van der Waals surface area contributed by atoms with Crippen LogP contribution in [0.5, 0.6) is 0 Å². The predicted octanol–water partition coefficient (Wildman–Crippen LogP) is 0.201. The van der Waals surface area contributed by atoms with Gasteiger partial charge >= 0.3 is 0 Å². The molecule has 5 atom stereocenters. The lowest BCUT2D eigenvalue weighted by Crippen LogP contribution is -2.64. The lowest BCUT2D eigenvalue weighted by Gasteiger charge is -2.45. The molecular formula is C17H26N2O5. The number of hydrogen-bond donors (Lipinski definition) is 3. The molecule has 3 saturated heterocycles. The predicted molar refractivity (Wildman–Crippen MR) is 85.1 cm³/mol. The zero-order valence-electron chi connectivity index (χ0n) is 13.8. The summed E-state index contributed by atoms with van der Waals surface area (Å²) in [6.07, 6.45) is 2.56. The summed E-state index contributed by atoms with van der Waals surface area (Å²) in [5, 5.41) is 23.4. The number of nitrogens with zero attached hydrogens (tertiary/aromatic N) is 1. The van der Waals surface area contributed by atoms with Crippen LogP contribution in [0.2, 0.25) is 0 Å². The van der Waals surface area contributed by atoms with Crippen molar-refractivity contribution in [2.45, 2.75) is 63.0 Å². The van der Waals surface area contributed by atoms with Crippen molar-refractivity contribution < 1.29 is 24.1 Å². The summed E-state index contributed by atoms with van der Waals surface area (Å²) < 4.78 is 17.3. The summed E-state index contributed by atoms with van der Waals surface area (Å²) in [5.41, 5.74) is 0. The molecule has 7 nitrogen and oxygen atoms in total. The fourth-order valence-electron chi connectivity index (χ4n) is 4.08. The number of nitrogens with one attached hydrogen (secondary N) is 1. The van der Waals surface area contributed by atoms with E-state index in [1.807, 2.05) is 6.07 Å². The lowest BCUT2D eigenvalue weighted by atomic mass is 9.93. The Kier molecular flexibility index (Phi) is 4.89. The van der Waals surface area contributed by atoms with Crippen LogP contribution in [0, 0.1) is 0 Å². The van der Waals surface area contributed by atoms with Gasteiger partial charge in [0, 0.05) is 0 Å². The van der Waals surface area contributed by atoms with Gasteiger partial charge < -0.3 is 29.4 Å². The van der Waals surface area contributed by atoms with E-state index in [4.69, 9.17) is 19.0 Å². The Balaban J connectivity index is 1.43. The third-order valence-electron chi connectivity index (χ3n) is 5.33. The third-order valence-corrected chi connectivity index (χ3v) is 5.33. The van der Waals surface area contributed by atoms with Gasteiger partial charge in [0.25, 0.3) is 0 Å². The molecule has 134 valence electrons. The Morgan fingerprint density at radius 2 is 1.96 bits per heavy atom. The quantitative estimate of drug-likeness (QED) is 0.707. The lowest BCUT2D eigenvalue weighted by molar-refractivity contribution is -0.184. The molecule has 4 rings (SSSR count). The summed E-state index contributed by atoms with van der Waals surface area (Å²) in [4.78, 5) is 2.31. The van der Waals surface area contributed by atoms with Crippen molar-refractivity contribution in [3.8, 4) is 0 Å². The molecule has 0 saturated carbocycles. The molecule has 0 spiro atoms. The van der Waals surface area contributed by atoms with Crippen LogP contribution < -0.4 is 5.32 Å². The van der Waals surface area contributed by atoms with E-state index in [1.165, 1.54) is 6.42 Å². The van der Waals surface area contributed by atoms with Crippen molar-refractivity contribution in [1.29, 1.82) is 0 Å². The molecule has 2 bridgehead atoms. The fourth-order valence-corrected chi connectivity index (χ4v) is 4.08. The Labute approximate surface area is 141 Å². The van der Waals surface area contributed by atoms with Crippen LogP contribution in [-0.4, -0.2) is 65.4 Å². The topological polar surface area (TPSA) is 87.3 Å². The van der Waals surface area contributed by atoms with Gasteiger partial charge in [-0.3, -0.25) is 4.90 Å². The highest BCUT2D eigenvalue weighted by Gasteiger charge is 2.51. The Morgan fingerprint density at radius 1 is 1.17 bits per heavy atom.